The van der Waals surface area contributed by atoms with Crippen molar-refractivity contribution in [3.8, 4) is 0 Å². The van der Waals surface area contributed by atoms with E-state index in [4.69, 9.17) is 4.42 Å². The van der Waals surface area contributed by atoms with Crippen LogP contribution in [0.25, 0.3) is 0 Å². The maximum atomic E-state index is 11.8. The van der Waals surface area contributed by atoms with Gasteiger partial charge in [-0.25, -0.2) is 8.42 Å². The first kappa shape index (κ1) is 11.6. The van der Waals surface area contributed by atoms with Crippen LogP contribution in [0, 0.1) is 0 Å². The van der Waals surface area contributed by atoms with Crippen LogP contribution >= 0.6 is 0 Å². The number of hydrogen-bond acceptors (Lipinski definition) is 4. The van der Waals surface area contributed by atoms with Crippen LogP contribution < -0.4 is 0 Å². The number of carbonyl (C=O) groups excluding carboxylic acids is 1. The van der Waals surface area contributed by atoms with Crippen LogP contribution in [0.5, 0.6) is 0 Å². The summed E-state index contributed by atoms with van der Waals surface area (Å²) in [7, 11) is -3.23. The fourth-order valence-corrected chi connectivity index (χ4v) is 2.03. The first-order chi connectivity index (χ1) is 7.98. The van der Waals surface area contributed by atoms with Gasteiger partial charge in [0.25, 0.3) is 0 Å². The van der Waals surface area contributed by atoms with Crippen molar-refractivity contribution in [2.75, 3.05) is 6.26 Å². The summed E-state index contributed by atoms with van der Waals surface area (Å²) in [4.78, 5) is 12.0. The highest BCUT2D eigenvalue weighted by Gasteiger charge is 2.13. The number of rotatable bonds is 3. The van der Waals surface area contributed by atoms with Crippen molar-refractivity contribution in [2.45, 2.75) is 4.90 Å². The Morgan fingerprint density at radius 3 is 2.24 bits per heavy atom. The number of furan rings is 1. The van der Waals surface area contributed by atoms with E-state index in [2.05, 4.69) is 0 Å². The Kier molecular flexibility index (Phi) is 2.85. The van der Waals surface area contributed by atoms with Crippen molar-refractivity contribution in [3.05, 3.63) is 54.0 Å². The van der Waals surface area contributed by atoms with Crippen LogP contribution in [0.1, 0.15) is 16.1 Å². The predicted molar refractivity (Wildman–Crippen MR) is 61.7 cm³/mol. The van der Waals surface area contributed by atoms with Gasteiger partial charge in [0.1, 0.15) is 0 Å². The largest absolute Gasteiger partial charge is 0.461 e. The minimum absolute atomic E-state index is 0.188. The second-order valence-electron chi connectivity index (χ2n) is 3.60. The zero-order chi connectivity index (χ0) is 12.5. The third-order valence-corrected chi connectivity index (χ3v) is 3.42. The van der Waals surface area contributed by atoms with Crippen molar-refractivity contribution in [1.82, 2.24) is 0 Å². The van der Waals surface area contributed by atoms with E-state index in [1.807, 2.05) is 0 Å². The molecule has 1 heterocycles. The third kappa shape index (κ3) is 2.45. The van der Waals surface area contributed by atoms with Gasteiger partial charge < -0.3 is 4.42 Å². The molecule has 2 aromatic rings. The minimum Gasteiger partial charge on any atom is -0.461 e. The van der Waals surface area contributed by atoms with Crippen LogP contribution in [-0.2, 0) is 9.84 Å². The summed E-state index contributed by atoms with van der Waals surface area (Å²) in [5.74, 6) is -0.0350. The van der Waals surface area contributed by atoms with Gasteiger partial charge in [0.2, 0.25) is 5.78 Å². The highest BCUT2D eigenvalue weighted by atomic mass is 32.2. The Balaban J connectivity index is 2.34. The zero-order valence-corrected chi connectivity index (χ0v) is 9.90. The van der Waals surface area contributed by atoms with Crippen molar-refractivity contribution >= 4 is 15.6 Å². The molecule has 0 aliphatic carbocycles. The van der Waals surface area contributed by atoms with Crippen LogP contribution in [0.15, 0.2) is 52.0 Å². The average Bonchev–Trinajstić information content (AvgIpc) is 2.80. The zero-order valence-electron chi connectivity index (χ0n) is 9.08. The summed E-state index contributed by atoms with van der Waals surface area (Å²) in [6.45, 7) is 0. The molecule has 5 heteroatoms. The fourth-order valence-electron chi connectivity index (χ4n) is 1.40. The van der Waals surface area contributed by atoms with Gasteiger partial charge in [-0.15, -0.1) is 0 Å². The van der Waals surface area contributed by atoms with E-state index < -0.39 is 9.84 Å². The molecule has 0 bridgehead atoms. The summed E-state index contributed by atoms with van der Waals surface area (Å²) in [6, 6.07) is 8.95. The molecule has 0 radical (unpaired) electrons. The number of ketones is 1. The SMILES string of the molecule is CS(=O)(=O)c1ccc(C(=O)c2ccco2)cc1. The Morgan fingerprint density at radius 2 is 1.76 bits per heavy atom. The first-order valence-corrected chi connectivity index (χ1v) is 6.76. The summed E-state index contributed by atoms with van der Waals surface area (Å²) in [5.41, 5.74) is 0.396. The van der Waals surface area contributed by atoms with E-state index in [0.717, 1.165) is 6.26 Å². The topological polar surface area (TPSA) is 64.3 Å². The smallest absolute Gasteiger partial charge is 0.228 e. The number of hydrogen-bond donors (Lipinski definition) is 0. The first-order valence-electron chi connectivity index (χ1n) is 4.87. The molecule has 0 N–H and O–H groups in total. The van der Waals surface area contributed by atoms with E-state index in [1.54, 1.807) is 12.1 Å². The Hall–Kier alpha value is -1.88. The molecule has 88 valence electrons. The number of carbonyl (C=O) groups is 1. The second kappa shape index (κ2) is 4.18. The van der Waals surface area contributed by atoms with Gasteiger partial charge in [-0.1, -0.05) is 0 Å². The molecule has 0 atom stereocenters. The van der Waals surface area contributed by atoms with Crippen LogP contribution in [-0.4, -0.2) is 20.5 Å². The van der Waals surface area contributed by atoms with Gasteiger partial charge in [-0.05, 0) is 36.4 Å². The normalized spacial score (nSPS) is 11.4. The number of benzene rings is 1. The molecule has 1 aromatic carbocycles. The van der Waals surface area contributed by atoms with Gasteiger partial charge in [-0.2, -0.15) is 0 Å². The van der Waals surface area contributed by atoms with Crippen LogP contribution in [0.4, 0.5) is 0 Å². The van der Waals surface area contributed by atoms with E-state index in [1.165, 1.54) is 30.5 Å². The highest BCUT2D eigenvalue weighted by Crippen LogP contribution is 2.14. The predicted octanol–water partition coefficient (Wildman–Crippen LogP) is 1.91. The lowest BCUT2D eigenvalue weighted by Crippen LogP contribution is -2.01. The van der Waals surface area contributed by atoms with Gasteiger partial charge in [-0.3, -0.25) is 4.79 Å². The summed E-state index contributed by atoms with van der Waals surface area (Å²) < 4.78 is 27.5. The quantitative estimate of drug-likeness (QED) is 0.780. The maximum Gasteiger partial charge on any atom is 0.228 e. The highest BCUT2D eigenvalue weighted by molar-refractivity contribution is 7.90. The molecule has 0 unspecified atom stereocenters. The monoisotopic (exact) mass is 250 g/mol. The van der Waals surface area contributed by atoms with E-state index >= 15 is 0 Å². The molecule has 0 spiro atoms. The van der Waals surface area contributed by atoms with Gasteiger partial charge in [0.05, 0.1) is 11.2 Å². The van der Waals surface area contributed by atoms with Gasteiger partial charge >= 0.3 is 0 Å². The Bertz CT molecular complexity index is 622. The molecule has 0 aliphatic rings. The molecular weight excluding hydrogens is 240 g/mol. The van der Waals surface area contributed by atoms with Crippen LogP contribution in [0.2, 0.25) is 0 Å². The lowest BCUT2D eigenvalue weighted by atomic mass is 10.1. The molecule has 1 aromatic heterocycles. The summed E-state index contributed by atoms with van der Waals surface area (Å²) in [6.07, 6.45) is 2.54. The summed E-state index contributed by atoms with van der Waals surface area (Å²) in [5, 5.41) is 0. The van der Waals surface area contributed by atoms with Gasteiger partial charge in [0, 0.05) is 11.8 Å². The van der Waals surface area contributed by atoms with E-state index in [9.17, 15) is 13.2 Å². The molecule has 4 nitrogen and oxygen atoms in total. The Morgan fingerprint density at radius 1 is 1.12 bits per heavy atom. The standard InChI is InChI=1S/C12H10O4S/c1-17(14,15)10-6-4-9(5-7-10)12(13)11-3-2-8-16-11/h2-8H,1H3. The molecule has 0 saturated heterocycles. The summed E-state index contributed by atoms with van der Waals surface area (Å²) >= 11 is 0. The molecule has 0 saturated carbocycles. The average molecular weight is 250 g/mol. The molecule has 0 fully saturated rings. The third-order valence-electron chi connectivity index (χ3n) is 2.29. The Labute approximate surface area is 98.8 Å². The molecule has 0 amide bonds. The maximum absolute atomic E-state index is 11.8. The fraction of sp³-hybridized carbons (Fsp3) is 0.0833. The lowest BCUT2D eigenvalue weighted by Gasteiger charge is -2.00. The lowest BCUT2D eigenvalue weighted by molar-refractivity contribution is 0.101. The molecule has 2 rings (SSSR count). The number of sulfone groups is 1. The van der Waals surface area contributed by atoms with Gasteiger partial charge in [0.15, 0.2) is 15.6 Å². The second-order valence-corrected chi connectivity index (χ2v) is 5.62. The van der Waals surface area contributed by atoms with Crippen molar-refractivity contribution in [1.29, 1.82) is 0 Å². The van der Waals surface area contributed by atoms with Crippen molar-refractivity contribution in [3.63, 3.8) is 0 Å². The minimum atomic E-state index is -3.23. The van der Waals surface area contributed by atoms with Crippen LogP contribution in [0.3, 0.4) is 0 Å². The van der Waals surface area contributed by atoms with Crippen molar-refractivity contribution < 1.29 is 17.6 Å². The molecular formula is C12H10O4S. The molecule has 17 heavy (non-hydrogen) atoms. The molecule has 0 aliphatic heterocycles. The van der Waals surface area contributed by atoms with E-state index in [0.29, 0.717) is 5.56 Å². The van der Waals surface area contributed by atoms with Crippen molar-refractivity contribution in [2.24, 2.45) is 0 Å². The van der Waals surface area contributed by atoms with E-state index in [-0.39, 0.29) is 16.4 Å².